The first-order chi connectivity index (χ1) is 11.5. The normalized spacial score (nSPS) is 15.3. The van der Waals surface area contributed by atoms with Crippen molar-refractivity contribution in [2.24, 2.45) is 5.73 Å². The van der Waals surface area contributed by atoms with Crippen LogP contribution in [0, 0.1) is 0 Å². The van der Waals surface area contributed by atoms with E-state index in [9.17, 15) is 9.59 Å². The maximum atomic E-state index is 12.5. The van der Waals surface area contributed by atoms with Gasteiger partial charge in [-0.2, -0.15) is 0 Å². The number of ether oxygens (including phenoxy) is 2. The standard InChI is InChI=1S/C17H15ClN2O4/c1-23-14-4-2-9(16(19)21)7-12(14)20-17(22)15-8-10-6-11(18)3-5-13(10)24-15/h2-7,15H,8H2,1H3,(H2,19,21)(H,20,22). The summed E-state index contributed by atoms with van der Waals surface area (Å²) in [5.74, 6) is 0.124. The average molecular weight is 347 g/mol. The minimum Gasteiger partial charge on any atom is -0.495 e. The monoisotopic (exact) mass is 346 g/mol. The molecule has 0 saturated carbocycles. The van der Waals surface area contributed by atoms with Gasteiger partial charge in [0.05, 0.1) is 12.8 Å². The number of benzene rings is 2. The molecule has 0 radical (unpaired) electrons. The molecule has 0 aliphatic carbocycles. The molecular formula is C17H15ClN2O4. The van der Waals surface area contributed by atoms with Crippen LogP contribution < -0.4 is 20.5 Å². The number of amides is 2. The lowest BCUT2D eigenvalue weighted by Crippen LogP contribution is -2.31. The van der Waals surface area contributed by atoms with Crippen molar-refractivity contribution in [1.82, 2.24) is 0 Å². The molecule has 0 spiro atoms. The van der Waals surface area contributed by atoms with Crippen LogP contribution in [-0.2, 0) is 11.2 Å². The van der Waals surface area contributed by atoms with E-state index in [0.717, 1.165) is 5.56 Å². The maximum absolute atomic E-state index is 12.5. The molecule has 0 saturated heterocycles. The van der Waals surface area contributed by atoms with Crippen molar-refractivity contribution >= 4 is 29.1 Å². The first-order valence-corrected chi connectivity index (χ1v) is 7.59. The van der Waals surface area contributed by atoms with Gasteiger partial charge in [0.15, 0.2) is 6.10 Å². The van der Waals surface area contributed by atoms with Crippen LogP contribution in [0.2, 0.25) is 5.02 Å². The molecule has 1 aliphatic rings. The minimum atomic E-state index is -0.680. The quantitative estimate of drug-likeness (QED) is 0.889. The molecule has 2 aromatic carbocycles. The van der Waals surface area contributed by atoms with Crippen LogP contribution in [-0.4, -0.2) is 25.0 Å². The van der Waals surface area contributed by atoms with Crippen molar-refractivity contribution in [2.45, 2.75) is 12.5 Å². The SMILES string of the molecule is COc1ccc(C(N)=O)cc1NC(=O)C1Cc2cc(Cl)ccc2O1. The number of nitrogens with one attached hydrogen (secondary N) is 1. The number of hydrogen-bond acceptors (Lipinski definition) is 4. The lowest BCUT2D eigenvalue weighted by atomic mass is 10.1. The molecule has 124 valence electrons. The number of carbonyl (C=O) groups is 2. The Hall–Kier alpha value is -2.73. The third-order valence-electron chi connectivity index (χ3n) is 3.73. The van der Waals surface area contributed by atoms with Crippen LogP contribution in [0.3, 0.4) is 0 Å². The molecule has 1 heterocycles. The van der Waals surface area contributed by atoms with Crippen molar-refractivity contribution in [3.8, 4) is 11.5 Å². The van der Waals surface area contributed by atoms with E-state index in [0.29, 0.717) is 28.6 Å². The number of halogens is 1. The summed E-state index contributed by atoms with van der Waals surface area (Å²) in [7, 11) is 1.47. The predicted molar refractivity (Wildman–Crippen MR) is 89.7 cm³/mol. The largest absolute Gasteiger partial charge is 0.495 e. The van der Waals surface area contributed by atoms with Gasteiger partial charge in [-0.1, -0.05) is 11.6 Å². The Kier molecular flexibility index (Phi) is 4.31. The van der Waals surface area contributed by atoms with Crippen LogP contribution in [0.4, 0.5) is 5.69 Å². The Labute approximate surface area is 143 Å². The molecule has 6 nitrogen and oxygen atoms in total. The second-order valence-electron chi connectivity index (χ2n) is 5.33. The molecule has 1 atom stereocenters. The number of anilines is 1. The van der Waals surface area contributed by atoms with Crippen LogP contribution in [0.25, 0.3) is 0 Å². The van der Waals surface area contributed by atoms with Gasteiger partial charge in [-0.25, -0.2) is 0 Å². The Balaban J connectivity index is 1.78. The van der Waals surface area contributed by atoms with E-state index < -0.39 is 12.0 Å². The first kappa shape index (κ1) is 16.1. The van der Waals surface area contributed by atoms with Crippen LogP contribution in [0.1, 0.15) is 15.9 Å². The number of rotatable bonds is 4. The summed E-state index contributed by atoms with van der Waals surface area (Å²) in [6.45, 7) is 0. The summed E-state index contributed by atoms with van der Waals surface area (Å²) in [5, 5.41) is 3.31. The topological polar surface area (TPSA) is 90.6 Å². The number of primary amides is 1. The third-order valence-corrected chi connectivity index (χ3v) is 3.97. The van der Waals surface area contributed by atoms with Gasteiger partial charge in [0.25, 0.3) is 5.91 Å². The lowest BCUT2D eigenvalue weighted by molar-refractivity contribution is -0.122. The predicted octanol–water partition coefficient (Wildman–Crippen LogP) is 2.39. The Morgan fingerprint density at radius 2 is 2.08 bits per heavy atom. The molecule has 3 N–H and O–H groups in total. The van der Waals surface area contributed by atoms with Crippen molar-refractivity contribution in [3.05, 3.63) is 52.5 Å². The number of fused-ring (bicyclic) bond motifs is 1. The molecule has 0 bridgehead atoms. The summed E-state index contributed by atoms with van der Waals surface area (Å²) < 4.78 is 10.8. The fraction of sp³-hybridized carbons (Fsp3) is 0.176. The number of nitrogens with two attached hydrogens (primary N) is 1. The molecular weight excluding hydrogens is 332 g/mol. The Bertz CT molecular complexity index is 822. The zero-order valence-corrected chi connectivity index (χ0v) is 13.6. The number of carbonyl (C=O) groups excluding carboxylic acids is 2. The Morgan fingerprint density at radius 3 is 2.79 bits per heavy atom. The molecule has 1 unspecified atom stereocenters. The second-order valence-corrected chi connectivity index (χ2v) is 5.77. The molecule has 2 aromatic rings. The Morgan fingerprint density at radius 1 is 1.29 bits per heavy atom. The average Bonchev–Trinajstić information content (AvgIpc) is 2.97. The summed E-state index contributed by atoms with van der Waals surface area (Å²) in [6.07, 6.45) is -0.264. The zero-order chi connectivity index (χ0) is 17.3. The van der Waals surface area contributed by atoms with Gasteiger partial charge in [-0.15, -0.1) is 0 Å². The van der Waals surface area contributed by atoms with Gasteiger partial charge in [0.1, 0.15) is 11.5 Å². The minimum absolute atomic E-state index is 0.272. The van der Waals surface area contributed by atoms with Crippen molar-refractivity contribution in [3.63, 3.8) is 0 Å². The molecule has 0 fully saturated rings. The van der Waals surface area contributed by atoms with Gasteiger partial charge in [0, 0.05) is 17.0 Å². The van der Waals surface area contributed by atoms with Gasteiger partial charge in [-0.3, -0.25) is 9.59 Å². The van der Waals surface area contributed by atoms with Crippen LogP contribution >= 0.6 is 11.6 Å². The lowest BCUT2D eigenvalue weighted by Gasteiger charge is -2.14. The first-order valence-electron chi connectivity index (χ1n) is 7.21. The summed E-state index contributed by atoms with van der Waals surface area (Å²) >= 11 is 5.95. The molecule has 2 amide bonds. The fourth-order valence-electron chi connectivity index (χ4n) is 2.54. The molecule has 7 heteroatoms. The molecule has 1 aliphatic heterocycles. The fourth-order valence-corrected chi connectivity index (χ4v) is 2.73. The number of methoxy groups -OCH3 is 1. The summed E-state index contributed by atoms with van der Waals surface area (Å²) in [6, 6.07) is 9.79. The van der Waals surface area contributed by atoms with E-state index in [1.165, 1.54) is 19.2 Å². The highest BCUT2D eigenvalue weighted by Gasteiger charge is 2.29. The molecule has 24 heavy (non-hydrogen) atoms. The van der Waals surface area contributed by atoms with Crippen molar-refractivity contribution in [1.29, 1.82) is 0 Å². The van der Waals surface area contributed by atoms with E-state index in [-0.39, 0.29) is 11.5 Å². The van der Waals surface area contributed by atoms with Gasteiger partial charge < -0.3 is 20.5 Å². The smallest absolute Gasteiger partial charge is 0.265 e. The highest BCUT2D eigenvalue weighted by Crippen LogP contribution is 2.32. The second kappa shape index (κ2) is 6.41. The van der Waals surface area contributed by atoms with Crippen LogP contribution in [0.15, 0.2) is 36.4 Å². The highest BCUT2D eigenvalue weighted by molar-refractivity contribution is 6.30. The van der Waals surface area contributed by atoms with E-state index in [1.54, 1.807) is 24.3 Å². The molecule has 3 rings (SSSR count). The van der Waals surface area contributed by atoms with E-state index in [2.05, 4.69) is 5.32 Å². The van der Waals surface area contributed by atoms with Crippen molar-refractivity contribution < 1.29 is 19.1 Å². The zero-order valence-electron chi connectivity index (χ0n) is 12.8. The van der Waals surface area contributed by atoms with Crippen LogP contribution in [0.5, 0.6) is 11.5 Å². The highest BCUT2D eigenvalue weighted by atomic mass is 35.5. The van der Waals surface area contributed by atoms with Gasteiger partial charge in [0.2, 0.25) is 5.91 Å². The van der Waals surface area contributed by atoms with Gasteiger partial charge in [-0.05, 0) is 42.0 Å². The summed E-state index contributed by atoms with van der Waals surface area (Å²) in [4.78, 5) is 23.8. The van der Waals surface area contributed by atoms with Crippen molar-refractivity contribution in [2.75, 3.05) is 12.4 Å². The van der Waals surface area contributed by atoms with E-state index >= 15 is 0 Å². The molecule has 0 aromatic heterocycles. The third kappa shape index (κ3) is 3.14. The number of hydrogen-bond donors (Lipinski definition) is 2. The van der Waals surface area contributed by atoms with E-state index in [1.807, 2.05) is 0 Å². The maximum Gasteiger partial charge on any atom is 0.265 e. The summed E-state index contributed by atoms with van der Waals surface area (Å²) in [5.41, 5.74) is 6.77. The van der Waals surface area contributed by atoms with E-state index in [4.69, 9.17) is 26.8 Å². The van der Waals surface area contributed by atoms with Gasteiger partial charge >= 0.3 is 0 Å².